The Bertz CT molecular complexity index is 1170. The molecule has 0 unspecified atom stereocenters. The number of nitrogens with zero attached hydrogens (tertiary/aromatic N) is 2. The second kappa shape index (κ2) is 8.94. The number of allylic oxidation sites excluding steroid dienone is 2. The van der Waals surface area contributed by atoms with Crippen molar-refractivity contribution in [2.75, 3.05) is 0 Å². The lowest BCUT2D eigenvalue weighted by atomic mass is 9.82. The SMILES string of the molecule is CC1=CC[C@@H]2C(=O)N(N(C(=O)c3ccccc3Cl)[C@@H](C)C(=O)c3ccc(C)cc3)C(=O)[C@H]2C1. The average Bonchev–Trinajstić information content (AvgIpc) is 3.04. The Morgan fingerprint density at radius 3 is 2.30 bits per heavy atom. The minimum Gasteiger partial charge on any atom is -0.292 e. The van der Waals surface area contributed by atoms with Crippen LogP contribution in [0.5, 0.6) is 0 Å². The highest BCUT2D eigenvalue weighted by Gasteiger charge is 2.53. The molecule has 3 amide bonds. The lowest BCUT2D eigenvalue weighted by Gasteiger charge is -2.35. The molecule has 0 radical (unpaired) electrons. The van der Waals surface area contributed by atoms with Crippen molar-refractivity contribution in [3.05, 3.63) is 81.9 Å². The first-order chi connectivity index (χ1) is 15.7. The van der Waals surface area contributed by atoms with Gasteiger partial charge in [-0.05, 0) is 45.7 Å². The number of hydrazine groups is 1. The third-order valence-corrected chi connectivity index (χ3v) is 6.74. The van der Waals surface area contributed by atoms with Crippen molar-refractivity contribution >= 4 is 35.1 Å². The number of benzene rings is 2. The van der Waals surface area contributed by atoms with E-state index in [1.165, 1.54) is 13.0 Å². The first kappa shape index (κ1) is 22.9. The first-order valence-corrected chi connectivity index (χ1v) is 11.3. The van der Waals surface area contributed by atoms with E-state index in [0.717, 1.165) is 21.2 Å². The number of fused-ring (bicyclic) bond motifs is 1. The Hall–Kier alpha value is -3.25. The summed E-state index contributed by atoms with van der Waals surface area (Å²) in [7, 11) is 0. The number of imide groups is 1. The Labute approximate surface area is 197 Å². The molecule has 1 fully saturated rings. The summed E-state index contributed by atoms with van der Waals surface area (Å²) in [5.41, 5.74) is 2.53. The van der Waals surface area contributed by atoms with Crippen LogP contribution in [0.1, 0.15) is 53.0 Å². The first-order valence-electron chi connectivity index (χ1n) is 10.9. The molecular formula is C26H25ClN2O4. The molecule has 3 atom stereocenters. The maximum Gasteiger partial charge on any atom is 0.275 e. The number of ketones is 1. The van der Waals surface area contributed by atoms with E-state index in [9.17, 15) is 19.2 Å². The van der Waals surface area contributed by atoms with Gasteiger partial charge in [-0.1, -0.05) is 65.2 Å². The second-order valence-corrected chi connectivity index (χ2v) is 9.13. The highest BCUT2D eigenvalue weighted by atomic mass is 35.5. The van der Waals surface area contributed by atoms with E-state index in [1.807, 2.05) is 19.9 Å². The van der Waals surface area contributed by atoms with Gasteiger partial charge in [-0.3, -0.25) is 19.2 Å². The maximum absolute atomic E-state index is 13.7. The van der Waals surface area contributed by atoms with Gasteiger partial charge >= 0.3 is 0 Å². The van der Waals surface area contributed by atoms with E-state index in [4.69, 9.17) is 11.6 Å². The van der Waals surface area contributed by atoms with Crippen LogP contribution in [0.2, 0.25) is 5.02 Å². The van der Waals surface area contributed by atoms with E-state index in [1.54, 1.807) is 42.5 Å². The monoisotopic (exact) mass is 464 g/mol. The summed E-state index contributed by atoms with van der Waals surface area (Å²) in [6.07, 6.45) is 2.85. The summed E-state index contributed by atoms with van der Waals surface area (Å²) in [6, 6.07) is 12.2. The number of carbonyl (C=O) groups is 4. The lowest BCUT2D eigenvalue weighted by Crippen LogP contribution is -2.56. The minimum atomic E-state index is -1.10. The van der Waals surface area contributed by atoms with E-state index in [0.29, 0.717) is 18.4 Å². The highest BCUT2D eigenvalue weighted by molar-refractivity contribution is 6.34. The molecule has 33 heavy (non-hydrogen) atoms. The van der Waals surface area contributed by atoms with Crippen LogP contribution >= 0.6 is 11.6 Å². The topological polar surface area (TPSA) is 74.8 Å². The molecule has 2 aliphatic rings. The molecule has 1 heterocycles. The number of amides is 3. The smallest absolute Gasteiger partial charge is 0.275 e. The molecule has 0 N–H and O–H groups in total. The molecule has 2 aromatic rings. The fourth-order valence-electron chi connectivity index (χ4n) is 4.50. The third kappa shape index (κ3) is 4.11. The molecule has 170 valence electrons. The molecule has 0 spiro atoms. The number of hydrogen-bond donors (Lipinski definition) is 0. The molecular weight excluding hydrogens is 440 g/mol. The highest BCUT2D eigenvalue weighted by Crippen LogP contribution is 2.39. The van der Waals surface area contributed by atoms with Crippen LogP contribution in [-0.2, 0) is 9.59 Å². The number of hydrogen-bond acceptors (Lipinski definition) is 4. The van der Waals surface area contributed by atoms with Crippen LogP contribution < -0.4 is 0 Å². The number of rotatable bonds is 5. The average molecular weight is 465 g/mol. The van der Waals surface area contributed by atoms with Crippen molar-refractivity contribution in [1.82, 2.24) is 10.0 Å². The quantitative estimate of drug-likeness (QED) is 0.367. The van der Waals surface area contributed by atoms with E-state index in [-0.39, 0.29) is 16.4 Å². The van der Waals surface area contributed by atoms with E-state index >= 15 is 0 Å². The van der Waals surface area contributed by atoms with Crippen LogP contribution in [0.4, 0.5) is 0 Å². The fraction of sp³-hybridized carbons (Fsp3) is 0.308. The predicted molar refractivity (Wildman–Crippen MR) is 124 cm³/mol. The zero-order valence-electron chi connectivity index (χ0n) is 18.7. The molecule has 1 saturated heterocycles. The molecule has 0 saturated carbocycles. The van der Waals surface area contributed by atoms with Gasteiger partial charge in [0.1, 0.15) is 6.04 Å². The van der Waals surface area contributed by atoms with E-state index < -0.39 is 35.6 Å². The Morgan fingerprint density at radius 1 is 1.00 bits per heavy atom. The largest absolute Gasteiger partial charge is 0.292 e. The van der Waals surface area contributed by atoms with Crippen LogP contribution in [0.25, 0.3) is 0 Å². The Morgan fingerprint density at radius 2 is 1.64 bits per heavy atom. The Kier molecular flexibility index (Phi) is 6.21. The molecule has 4 rings (SSSR count). The Balaban J connectivity index is 1.76. The van der Waals surface area contributed by atoms with Crippen molar-refractivity contribution in [3.8, 4) is 0 Å². The predicted octanol–water partition coefficient (Wildman–Crippen LogP) is 4.62. The molecule has 1 aliphatic heterocycles. The summed E-state index contributed by atoms with van der Waals surface area (Å²) < 4.78 is 0. The zero-order chi connectivity index (χ0) is 23.9. The van der Waals surface area contributed by atoms with Crippen molar-refractivity contribution in [2.45, 2.75) is 39.7 Å². The van der Waals surface area contributed by atoms with Crippen molar-refractivity contribution < 1.29 is 19.2 Å². The maximum atomic E-state index is 13.7. The van der Waals surface area contributed by atoms with Gasteiger partial charge in [0.2, 0.25) is 0 Å². The number of Topliss-reactive ketones (excluding diaryl/α,β-unsaturated/α-hetero) is 1. The van der Waals surface area contributed by atoms with Crippen LogP contribution in [0, 0.1) is 18.8 Å². The van der Waals surface area contributed by atoms with Gasteiger partial charge in [0, 0.05) is 5.56 Å². The summed E-state index contributed by atoms with van der Waals surface area (Å²) in [5.74, 6) is -3.03. The summed E-state index contributed by atoms with van der Waals surface area (Å²) >= 11 is 6.27. The van der Waals surface area contributed by atoms with Crippen LogP contribution in [0.3, 0.4) is 0 Å². The number of halogens is 1. The van der Waals surface area contributed by atoms with Crippen LogP contribution in [0.15, 0.2) is 60.2 Å². The van der Waals surface area contributed by atoms with Gasteiger partial charge in [-0.25, -0.2) is 5.01 Å². The molecule has 0 aromatic heterocycles. The summed E-state index contributed by atoms with van der Waals surface area (Å²) in [6.45, 7) is 5.36. The standard InChI is InChI=1S/C26H25ClN2O4/c1-15-8-11-18(12-9-15)23(30)17(3)28(25(32)20-6-4-5-7-22(20)27)29-24(31)19-13-10-16(2)14-21(19)26(29)33/h4-12,17,19,21H,13-14H2,1-3H3/t17-,19-,21-/m0/s1. The molecule has 7 heteroatoms. The van der Waals surface area contributed by atoms with Gasteiger partial charge in [0.05, 0.1) is 22.4 Å². The minimum absolute atomic E-state index is 0.118. The van der Waals surface area contributed by atoms with Gasteiger partial charge in [0.25, 0.3) is 17.7 Å². The third-order valence-electron chi connectivity index (χ3n) is 6.41. The van der Waals surface area contributed by atoms with E-state index in [2.05, 4.69) is 0 Å². The molecule has 0 bridgehead atoms. The molecule has 1 aliphatic carbocycles. The van der Waals surface area contributed by atoms with Gasteiger partial charge in [-0.2, -0.15) is 5.01 Å². The normalized spacial score (nSPS) is 20.8. The molecule has 6 nitrogen and oxygen atoms in total. The van der Waals surface area contributed by atoms with Gasteiger partial charge in [0.15, 0.2) is 5.78 Å². The van der Waals surface area contributed by atoms with Crippen LogP contribution in [-0.4, -0.2) is 39.6 Å². The number of aryl methyl sites for hydroxylation is 1. The van der Waals surface area contributed by atoms with Crippen molar-refractivity contribution in [1.29, 1.82) is 0 Å². The fourth-order valence-corrected chi connectivity index (χ4v) is 4.72. The van der Waals surface area contributed by atoms with Crippen molar-refractivity contribution in [3.63, 3.8) is 0 Å². The molecule has 2 aromatic carbocycles. The second-order valence-electron chi connectivity index (χ2n) is 8.73. The van der Waals surface area contributed by atoms with Crippen molar-refractivity contribution in [2.24, 2.45) is 11.8 Å². The lowest BCUT2D eigenvalue weighted by molar-refractivity contribution is -0.156. The van der Waals surface area contributed by atoms with Gasteiger partial charge in [-0.15, -0.1) is 0 Å². The summed E-state index contributed by atoms with van der Waals surface area (Å²) in [5, 5.41) is 2.07. The summed E-state index contributed by atoms with van der Waals surface area (Å²) in [4.78, 5) is 53.8. The van der Waals surface area contributed by atoms with Gasteiger partial charge < -0.3 is 0 Å². The zero-order valence-corrected chi connectivity index (χ0v) is 19.5. The number of carbonyl (C=O) groups excluding carboxylic acids is 4.